The molecule has 1 saturated carbocycles. The molecule has 0 aromatic rings. The Hall–Kier alpha value is -0.0800. The van der Waals surface area contributed by atoms with Gasteiger partial charge in [-0.05, 0) is 30.1 Å². The average molecular weight is 172 g/mol. The van der Waals surface area contributed by atoms with Crippen LogP contribution < -0.4 is 0 Å². The molecule has 0 aromatic heterocycles. The quantitative estimate of drug-likeness (QED) is 0.630. The summed E-state index contributed by atoms with van der Waals surface area (Å²) in [6.07, 6.45) is 2.38. The van der Waals surface area contributed by atoms with Gasteiger partial charge in [0.25, 0.3) is 0 Å². The smallest absolute Gasteiger partial charge is 0.0551 e. The second-order valence-corrected chi connectivity index (χ2v) is 5.37. The van der Waals surface area contributed by atoms with Gasteiger partial charge in [0.05, 0.1) is 6.10 Å². The Morgan fingerprint density at radius 3 is 2.25 bits per heavy atom. The summed E-state index contributed by atoms with van der Waals surface area (Å²) in [6.45, 7) is 6.55. The standard InChI is InChI=1S/C10H20O2/c1-9(2)4-8(12)5-10(3,6-9)7-11/h8,11-12H,4-7H2,1-3H3/t8-,10-/m0/s1. The molecule has 0 aliphatic heterocycles. The van der Waals surface area contributed by atoms with Crippen LogP contribution in [0.1, 0.15) is 40.0 Å². The highest BCUT2D eigenvalue weighted by Crippen LogP contribution is 2.45. The van der Waals surface area contributed by atoms with Crippen molar-refractivity contribution >= 4 is 0 Å². The number of rotatable bonds is 1. The maximum atomic E-state index is 9.60. The molecule has 0 radical (unpaired) electrons. The largest absolute Gasteiger partial charge is 0.396 e. The number of hydrogen-bond donors (Lipinski definition) is 2. The first kappa shape index (κ1) is 10.0. The summed E-state index contributed by atoms with van der Waals surface area (Å²) in [5.74, 6) is 0. The van der Waals surface area contributed by atoms with Gasteiger partial charge in [0.15, 0.2) is 0 Å². The molecule has 1 rings (SSSR count). The predicted octanol–water partition coefficient (Wildman–Crippen LogP) is 1.56. The fourth-order valence-corrected chi connectivity index (χ4v) is 2.70. The minimum atomic E-state index is -0.231. The summed E-state index contributed by atoms with van der Waals surface area (Å²) in [5, 5.41) is 18.8. The molecule has 2 atom stereocenters. The van der Waals surface area contributed by atoms with Gasteiger partial charge in [-0.25, -0.2) is 0 Å². The molecular weight excluding hydrogens is 152 g/mol. The number of aliphatic hydroxyl groups excluding tert-OH is 2. The highest BCUT2D eigenvalue weighted by molar-refractivity contribution is 4.90. The number of aliphatic hydroxyl groups is 2. The Bertz CT molecular complexity index is 165. The van der Waals surface area contributed by atoms with Gasteiger partial charge in [0.2, 0.25) is 0 Å². The topological polar surface area (TPSA) is 40.5 Å². The second kappa shape index (κ2) is 3.00. The summed E-state index contributed by atoms with van der Waals surface area (Å²) >= 11 is 0. The normalized spacial score (nSPS) is 41.2. The van der Waals surface area contributed by atoms with Crippen LogP contribution in [0.2, 0.25) is 0 Å². The molecule has 2 nitrogen and oxygen atoms in total. The molecule has 2 N–H and O–H groups in total. The Morgan fingerprint density at radius 1 is 1.25 bits per heavy atom. The SMILES string of the molecule is CC1(C)C[C@H](O)C[C@](C)(CO)C1. The van der Waals surface area contributed by atoms with Gasteiger partial charge in [0, 0.05) is 6.61 Å². The lowest BCUT2D eigenvalue weighted by molar-refractivity contribution is -0.0349. The van der Waals surface area contributed by atoms with E-state index < -0.39 is 0 Å². The highest BCUT2D eigenvalue weighted by Gasteiger charge is 2.40. The first-order valence-corrected chi connectivity index (χ1v) is 4.66. The molecule has 0 spiro atoms. The van der Waals surface area contributed by atoms with Crippen LogP contribution in [0.25, 0.3) is 0 Å². The van der Waals surface area contributed by atoms with Crippen molar-refractivity contribution < 1.29 is 10.2 Å². The molecule has 72 valence electrons. The summed E-state index contributed by atoms with van der Waals surface area (Å²) in [6, 6.07) is 0. The fourth-order valence-electron chi connectivity index (χ4n) is 2.70. The van der Waals surface area contributed by atoms with Crippen molar-refractivity contribution in [3.05, 3.63) is 0 Å². The Labute approximate surface area is 74.6 Å². The van der Waals surface area contributed by atoms with Crippen LogP contribution in [-0.4, -0.2) is 22.9 Å². The summed E-state index contributed by atoms with van der Waals surface area (Å²) in [4.78, 5) is 0. The molecule has 12 heavy (non-hydrogen) atoms. The van der Waals surface area contributed by atoms with Crippen LogP contribution in [0.3, 0.4) is 0 Å². The van der Waals surface area contributed by atoms with E-state index in [0.717, 1.165) is 19.3 Å². The summed E-state index contributed by atoms with van der Waals surface area (Å²) in [7, 11) is 0. The van der Waals surface area contributed by atoms with Gasteiger partial charge in [-0.2, -0.15) is 0 Å². The Kier molecular flexibility index (Phi) is 2.50. The van der Waals surface area contributed by atoms with E-state index in [1.165, 1.54) is 0 Å². The maximum Gasteiger partial charge on any atom is 0.0551 e. The zero-order chi connectivity index (χ0) is 9.41. The molecule has 0 amide bonds. The van der Waals surface area contributed by atoms with Crippen LogP contribution in [0.5, 0.6) is 0 Å². The van der Waals surface area contributed by atoms with Crippen molar-refractivity contribution in [1.29, 1.82) is 0 Å². The third kappa shape index (κ3) is 2.20. The lowest BCUT2D eigenvalue weighted by Crippen LogP contribution is -2.40. The fraction of sp³-hybridized carbons (Fsp3) is 1.00. The zero-order valence-corrected chi connectivity index (χ0v) is 8.30. The van der Waals surface area contributed by atoms with Gasteiger partial charge in [0.1, 0.15) is 0 Å². The van der Waals surface area contributed by atoms with Crippen molar-refractivity contribution in [2.45, 2.75) is 46.1 Å². The molecule has 0 aromatic carbocycles. The van der Waals surface area contributed by atoms with Crippen LogP contribution in [-0.2, 0) is 0 Å². The minimum Gasteiger partial charge on any atom is -0.396 e. The van der Waals surface area contributed by atoms with Crippen LogP contribution in [0.15, 0.2) is 0 Å². The monoisotopic (exact) mass is 172 g/mol. The third-order valence-electron chi connectivity index (χ3n) is 2.80. The maximum absolute atomic E-state index is 9.60. The lowest BCUT2D eigenvalue weighted by Gasteiger charge is -2.44. The van der Waals surface area contributed by atoms with Crippen molar-refractivity contribution in [1.82, 2.24) is 0 Å². The first-order chi connectivity index (χ1) is 5.37. The van der Waals surface area contributed by atoms with Crippen molar-refractivity contribution in [2.75, 3.05) is 6.61 Å². The van der Waals surface area contributed by atoms with E-state index >= 15 is 0 Å². The molecule has 1 fully saturated rings. The number of hydrogen-bond acceptors (Lipinski definition) is 2. The molecule has 1 aliphatic carbocycles. The van der Waals surface area contributed by atoms with E-state index in [1.807, 2.05) is 0 Å². The van der Waals surface area contributed by atoms with Crippen molar-refractivity contribution in [2.24, 2.45) is 10.8 Å². The van der Waals surface area contributed by atoms with E-state index in [-0.39, 0.29) is 23.5 Å². The van der Waals surface area contributed by atoms with Crippen LogP contribution >= 0.6 is 0 Å². The van der Waals surface area contributed by atoms with Gasteiger partial charge in [-0.3, -0.25) is 0 Å². The lowest BCUT2D eigenvalue weighted by atomic mass is 9.64. The summed E-state index contributed by atoms with van der Waals surface area (Å²) in [5.41, 5.74) is 0.107. The minimum absolute atomic E-state index is 0.0683. The Morgan fingerprint density at radius 2 is 1.83 bits per heavy atom. The predicted molar refractivity (Wildman–Crippen MR) is 48.8 cm³/mol. The van der Waals surface area contributed by atoms with Gasteiger partial charge in [-0.1, -0.05) is 20.8 Å². The highest BCUT2D eigenvalue weighted by atomic mass is 16.3. The van der Waals surface area contributed by atoms with E-state index in [0.29, 0.717) is 0 Å². The first-order valence-electron chi connectivity index (χ1n) is 4.66. The van der Waals surface area contributed by atoms with E-state index in [4.69, 9.17) is 0 Å². The van der Waals surface area contributed by atoms with Crippen molar-refractivity contribution in [3.63, 3.8) is 0 Å². The van der Waals surface area contributed by atoms with E-state index in [2.05, 4.69) is 20.8 Å². The molecule has 0 bridgehead atoms. The van der Waals surface area contributed by atoms with Gasteiger partial charge >= 0.3 is 0 Å². The molecular formula is C10H20O2. The third-order valence-corrected chi connectivity index (χ3v) is 2.80. The van der Waals surface area contributed by atoms with Crippen LogP contribution in [0.4, 0.5) is 0 Å². The molecule has 0 unspecified atom stereocenters. The zero-order valence-electron chi connectivity index (χ0n) is 8.30. The van der Waals surface area contributed by atoms with E-state index in [9.17, 15) is 10.2 Å². The molecule has 0 saturated heterocycles. The van der Waals surface area contributed by atoms with Gasteiger partial charge < -0.3 is 10.2 Å². The molecule has 1 aliphatic rings. The summed E-state index contributed by atoms with van der Waals surface area (Å²) < 4.78 is 0. The van der Waals surface area contributed by atoms with Crippen molar-refractivity contribution in [3.8, 4) is 0 Å². The second-order valence-electron chi connectivity index (χ2n) is 5.37. The molecule has 0 heterocycles. The Balaban J connectivity index is 2.70. The van der Waals surface area contributed by atoms with Crippen LogP contribution in [0, 0.1) is 10.8 Å². The molecule has 2 heteroatoms. The van der Waals surface area contributed by atoms with E-state index in [1.54, 1.807) is 0 Å². The van der Waals surface area contributed by atoms with Gasteiger partial charge in [-0.15, -0.1) is 0 Å². The average Bonchev–Trinajstić information content (AvgIpc) is 1.82.